The van der Waals surface area contributed by atoms with E-state index in [0.29, 0.717) is 6.54 Å². The Morgan fingerprint density at radius 1 is 1.31 bits per heavy atom. The van der Waals surface area contributed by atoms with Crippen molar-refractivity contribution in [3.05, 3.63) is 36.0 Å². The molecule has 0 fully saturated rings. The second-order valence-corrected chi connectivity index (χ2v) is 3.92. The van der Waals surface area contributed by atoms with Crippen molar-refractivity contribution in [1.29, 1.82) is 0 Å². The molecule has 0 saturated carbocycles. The minimum Gasteiger partial charge on any atom is -0.385 e. The van der Waals surface area contributed by atoms with Crippen molar-refractivity contribution in [3.63, 3.8) is 0 Å². The molecule has 0 radical (unpaired) electrons. The van der Waals surface area contributed by atoms with Crippen molar-refractivity contribution in [3.8, 4) is 0 Å². The molecule has 1 aromatic carbocycles. The van der Waals surface area contributed by atoms with Crippen LogP contribution in [0.5, 0.6) is 0 Å². The monoisotopic (exact) mass is 218 g/mol. The van der Waals surface area contributed by atoms with Gasteiger partial charge in [0, 0.05) is 43.9 Å². The number of rotatable bonds is 5. The smallest absolute Gasteiger partial charge is 0.0483 e. The van der Waals surface area contributed by atoms with Crippen molar-refractivity contribution < 1.29 is 4.74 Å². The van der Waals surface area contributed by atoms with E-state index in [-0.39, 0.29) is 0 Å². The first-order chi connectivity index (χ1) is 7.86. The molecule has 2 aromatic rings. The van der Waals surface area contributed by atoms with Crippen molar-refractivity contribution in [2.45, 2.75) is 19.5 Å². The Hall–Kier alpha value is -1.32. The van der Waals surface area contributed by atoms with Gasteiger partial charge in [-0.05, 0) is 18.1 Å². The van der Waals surface area contributed by atoms with Crippen LogP contribution in [0.25, 0.3) is 10.9 Å². The van der Waals surface area contributed by atoms with E-state index in [4.69, 9.17) is 10.5 Å². The molecule has 0 aliphatic heterocycles. The number of benzene rings is 1. The molecular weight excluding hydrogens is 200 g/mol. The highest BCUT2D eigenvalue weighted by molar-refractivity contribution is 5.83. The Balaban J connectivity index is 2.30. The Morgan fingerprint density at radius 2 is 2.12 bits per heavy atom. The largest absolute Gasteiger partial charge is 0.385 e. The van der Waals surface area contributed by atoms with Crippen molar-refractivity contribution >= 4 is 10.9 Å². The number of aryl methyl sites for hydroxylation is 1. The maximum Gasteiger partial charge on any atom is 0.0483 e. The summed E-state index contributed by atoms with van der Waals surface area (Å²) in [5, 5.41) is 1.27. The van der Waals surface area contributed by atoms with Crippen LogP contribution in [-0.4, -0.2) is 18.3 Å². The molecule has 0 amide bonds. The van der Waals surface area contributed by atoms with E-state index in [1.165, 1.54) is 16.5 Å². The van der Waals surface area contributed by atoms with Gasteiger partial charge >= 0.3 is 0 Å². The SMILES string of the molecule is COCCCn1cc(CN)c2ccccc21. The van der Waals surface area contributed by atoms with Crippen molar-refractivity contribution in [2.75, 3.05) is 13.7 Å². The number of hydrogen-bond acceptors (Lipinski definition) is 2. The van der Waals surface area contributed by atoms with Gasteiger partial charge < -0.3 is 15.0 Å². The number of nitrogens with two attached hydrogens (primary N) is 1. The van der Waals surface area contributed by atoms with E-state index < -0.39 is 0 Å². The molecule has 1 aromatic heterocycles. The van der Waals surface area contributed by atoms with Crippen LogP contribution in [0.2, 0.25) is 0 Å². The predicted molar refractivity (Wildman–Crippen MR) is 66.3 cm³/mol. The highest BCUT2D eigenvalue weighted by Gasteiger charge is 2.05. The zero-order chi connectivity index (χ0) is 11.4. The molecule has 0 atom stereocenters. The maximum atomic E-state index is 5.75. The zero-order valence-electron chi connectivity index (χ0n) is 9.65. The molecule has 0 unspecified atom stereocenters. The fourth-order valence-corrected chi connectivity index (χ4v) is 2.05. The molecule has 0 bridgehead atoms. The van der Waals surface area contributed by atoms with Gasteiger partial charge in [0.2, 0.25) is 0 Å². The molecule has 0 aliphatic carbocycles. The van der Waals surface area contributed by atoms with Gasteiger partial charge in [0.1, 0.15) is 0 Å². The molecule has 86 valence electrons. The fourth-order valence-electron chi connectivity index (χ4n) is 2.05. The lowest BCUT2D eigenvalue weighted by Gasteiger charge is -2.04. The van der Waals surface area contributed by atoms with Gasteiger partial charge in [-0.25, -0.2) is 0 Å². The Kier molecular flexibility index (Phi) is 3.59. The number of para-hydroxylation sites is 1. The van der Waals surface area contributed by atoms with Gasteiger partial charge in [0.15, 0.2) is 0 Å². The highest BCUT2D eigenvalue weighted by atomic mass is 16.5. The Morgan fingerprint density at radius 3 is 2.88 bits per heavy atom. The summed E-state index contributed by atoms with van der Waals surface area (Å²) in [6, 6.07) is 8.39. The summed E-state index contributed by atoms with van der Waals surface area (Å²) in [4.78, 5) is 0. The molecule has 3 heteroatoms. The summed E-state index contributed by atoms with van der Waals surface area (Å²) in [6.45, 7) is 2.37. The van der Waals surface area contributed by atoms with E-state index in [9.17, 15) is 0 Å². The molecule has 2 N–H and O–H groups in total. The number of fused-ring (bicyclic) bond motifs is 1. The van der Waals surface area contributed by atoms with Gasteiger partial charge in [0.25, 0.3) is 0 Å². The van der Waals surface area contributed by atoms with Crippen LogP contribution in [0.15, 0.2) is 30.5 Å². The van der Waals surface area contributed by atoms with Crippen LogP contribution in [-0.2, 0) is 17.8 Å². The Labute approximate surface area is 95.8 Å². The van der Waals surface area contributed by atoms with Crippen LogP contribution >= 0.6 is 0 Å². The summed E-state index contributed by atoms with van der Waals surface area (Å²) >= 11 is 0. The summed E-state index contributed by atoms with van der Waals surface area (Å²) in [7, 11) is 1.74. The first-order valence-electron chi connectivity index (χ1n) is 5.62. The summed E-state index contributed by atoms with van der Waals surface area (Å²) in [5.41, 5.74) is 8.22. The molecule has 2 rings (SSSR count). The normalized spacial score (nSPS) is 11.1. The van der Waals surface area contributed by atoms with Gasteiger partial charge in [-0.3, -0.25) is 0 Å². The van der Waals surface area contributed by atoms with Gasteiger partial charge in [-0.15, -0.1) is 0 Å². The van der Waals surface area contributed by atoms with E-state index in [1.54, 1.807) is 7.11 Å². The third-order valence-electron chi connectivity index (χ3n) is 2.84. The zero-order valence-corrected chi connectivity index (χ0v) is 9.65. The minimum absolute atomic E-state index is 0.595. The number of aromatic nitrogens is 1. The molecule has 0 aliphatic rings. The number of nitrogens with zero attached hydrogens (tertiary/aromatic N) is 1. The predicted octanol–water partition coefficient (Wildman–Crippen LogP) is 2.14. The van der Waals surface area contributed by atoms with E-state index in [1.807, 2.05) is 0 Å². The molecule has 1 heterocycles. The highest BCUT2D eigenvalue weighted by Crippen LogP contribution is 2.21. The molecular formula is C13H18N2O. The number of methoxy groups -OCH3 is 1. The van der Waals surface area contributed by atoms with Gasteiger partial charge in [0.05, 0.1) is 0 Å². The third kappa shape index (κ3) is 2.10. The second-order valence-electron chi connectivity index (χ2n) is 3.92. The fraction of sp³-hybridized carbons (Fsp3) is 0.385. The first-order valence-corrected chi connectivity index (χ1v) is 5.62. The van der Waals surface area contributed by atoms with Crippen LogP contribution in [0, 0.1) is 0 Å². The summed E-state index contributed by atoms with van der Waals surface area (Å²) in [6.07, 6.45) is 3.18. The minimum atomic E-state index is 0.595. The van der Waals surface area contributed by atoms with Gasteiger partial charge in [-0.2, -0.15) is 0 Å². The second kappa shape index (κ2) is 5.14. The van der Waals surface area contributed by atoms with E-state index in [0.717, 1.165) is 19.6 Å². The van der Waals surface area contributed by atoms with E-state index >= 15 is 0 Å². The van der Waals surface area contributed by atoms with Crippen molar-refractivity contribution in [1.82, 2.24) is 4.57 Å². The Bertz CT molecular complexity index is 462. The van der Waals surface area contributed by atoms with Gasteiger partial charge in [-0.1, -0.05) is 18.2 Å². The van der Waals surface area contributed by atoms with Crippen LogP contribution in [0.3, 0.4) is 0 Å². The van der Waals surface area contributed by atoms with Crippen LogP contribution in [0.1, 0.15) is 12.0 Å². The third-order valence-corrected chi connectivity index (χ3v) is 2.84. The van der Waals surface area contributed by atoms with E-state index in [2.05, 4.69) is 35.0 Å². The van der Waals surface area contributed by atoms with Crippen LogP contribution in [0.4, 0.5) is 0 Å². The number of ether oxygens (including phenoxy) is 1. The van der Waals surface area contributed by atoms with Crippen LogP contribution < -0.4 is 5.73 Å². The average molecular weight is 218 g/mol. The summed E-state index contributed by atoms with van der Waals surface area (Å²) in [5.74, 6) is 0. The lowest BCUT2D eigenvalue weighted by Crippen LogP contribution is -2.00. The standard InChI is InChI=1S/C13H18N2O/c1-16-8-4-7-15-10-11(9-14)12-5-2-3-6-13(12)15/h2-3,5-6,10H,4,7-9,14H2,1H3. The quantitative estimate of drug-likeness (QED) is 0.781. The molecule has 0 saturated heterocycles. The molecule has 3 nitrogen and oxygen atoms in total. The maximum absolute atomic E-state index is 5.75. The average Bonchev–Trinajstić information content (AvgIpc) is 2.68. The van der Waals surface area contributed by atoms with Crippen molar-refractivity contribution in [2.24, 2.45) is 5.73 Å². The first kappa shape index (κ1) is 11.2. The molecule has 16 heavy (non-hydrogen) atoms. The number of hydrogen-bond donors (Lipinski definition) is 1. The molecule has 0 spiro atoms. The lowest BCUT2D eigenvalue weighted by molar-refractivity contribution is 0.190. The topological polar surface area (TPSA) is 40.2 Å². The lowest BCUT2D eigenvalue weighted by atomic mass is 10.2. The summed E-state index contributed by atoms with van der Waals surface area (Å²) < 4.78 is 7.33.